The Morgan fingerprint density at radius 2 is 2.35 bits per heavy atom. The lowest BCUT2D eigenvalue weighted by atomic mass is 10.2. The summed E-state index contributed by atoms with van der Waals surface area (Å²) in [5, 5.41) is 19.9. The quantitative estimate of drug-likeness (QED) is 0.616. The Hall–Kier alpha value is -2.45. The van der Waals surface area contributed by atoms with Gasteiger partial charge in [0.1, 0.15) is 5.75 Å². The van der Waals surface area contributed by atoms with Gasteiger partial charge in [0.05, 0.1) is 54.7 Å². The molecule has 3 N–H and O–H groups in total. The molecule has 1 aromatic heterocycles. The molecule has 1 unspecified atom stereocenters. The predicted molar refractivity (Wildman–Crippen MR) is 70.8 cm³/mol. The van der Waals surface area contributed by atoms with Crippen molar-refractivity contribution < 1.29 is 14.8 Å². The molecule has 1 atom stereocenters. The molecule has 0 saturated heterocycles. The first-order valence-electron chi connectivity index (χ1n) is 5.80. The van der Waals surface area contributed by atoms with Gasteiger partial charge in [0.2, 0.25) is 0 Å². The molecule has 0 aliphatic carbocycles. The summed E-state index contributed by atoms with van der Waals surface area (Å²) < 4.78 is 6.80. The van der Waals surface area contributed by atoms with Crippen LogP contribution in [0.5, 0.6) is 5.75 Å². The molecule has 2 rings (SSSR count). The molecule has 2 aromatic rings. The van der Waals surface area contributed by atoms with E-state index in [-0.39, 0.29) is 12.3 Å². The van der Waals surface area contributed by atoms with E-state index in [0.717, 1.165) is 0 Å². The molecule has 106 valence electrons. The lowest BCUT2D eigenvalue weighted by Gasteiger charge is -2.15. The molecule has 8 heteroatoms. The molecule has 0 saturated carbocycles. The zero-order valence-corrected chi connectivity index (χ0v) is 10.8. The zero-order chi connectivity index (χ0) is 14.7. The number of aromatic nitrogens is 2. The van der Waals surface area contributed by atoms with E-state index < -0.39 is 11.0 Å². The molecule has 0 fully saturated rings. The van der Waals surface area contributed by atoms with Gasteiger partial charge in [-0.1, -0.05) is 0 Å². The first kappa shape index (κ1) is 14.0. The molecule has 0 radical (unpaired) electrons. The zero-order valence-electron chi connectivity index (χ0n) is 10.8. The molecular formula is C12H14N4O4. The Morgan fingerprint density at radius 3 is 2.95 bits per heavy atom. The van der Waals surface area contributed by atoms with Crippen LogP contribution in [0.2, 0.25) is 0 Å². The van der Waals surface area contributed by atoms with Crippen LogP contribution in [0.1, 0.15) is 11.7 Å². The molecule has 0 bridgehead atoms. The van der Waals surface area contributed by atoms with Gasteiger partial charge in [0.25, 0.3) is 5.69 Å². The van der Waals surface area contributed by atoms with Gasteiger partial charge in [-0.3, -0.25) is 14.7 Å². The second-order valence-electron chi connectivity index (χ2n) is 4.09. The number of aliphatic hydroxyl groups excluding tert-OH is 1. The summed E-state index contributed by atoms with van der Waals surface area (Å²) in [5.41, 5.74) is 6.86. The van der Waals surface area contributed by atoms with Crippen molar-refractivity contribution >= 4 is 5.69 Å². The highest BCUT2D eigenvalue weighted by molar-refractivity contribution is 5.54. The molecule has 0 spiro atoms. The van der Waals surface area contributed by atoms with Gasteiger partial charge >= 0.3 is 0 Å². The number of hydrogen-bond donors (Lipinski definition) is 2. The van der Waals surface area contributed by atoms with E-state index in [1.165, 1.54) is 31.8 Å². The van der Waals surface area contributed by atoms with Crippen LogP contribution in [-0.4, -0.2) is 33.3 Å². The van der Waals surface area contributed by atoms with Gasteiger partial charge in [-0.25, -0.2) is 4.98 Å². The molecule has 1 heterocycles. The van der Waals surface area contributed by atoms with E-state index in [1.807, 2.05) is 0 Å². The van der Waals surface area contributed by atoms with Crippen LogP contribution in [0, 0.1) is 10.1 Å². The Balaban J connectivity index is 2.53. The first-order chi connectivity index (χ1) is 9.58. The number of nitrogens with zero attached hydrogens (tertiary/aromatic N) is 3. The minimum absolute atomic E-state index is 0.0706. The molecule has 1 aromatic carbocycles. The number of nitro groups is 1. The Labute approximate surface area is 114 Å². The van der Waals surface area contributed by atoms with Crippen LogP contribution < -0.4 is 10.5 Å². The molecule has 0 amide bonds. The minimum Gasteiger partial charge on any atom is -0.494 e. The van der Waals surface area contributed by atoms with Gasteiger partial charge in [0.15, 0.2) is 0 Å². The van der Waals surface area contributed by atoms with Gasteiger partial charge in [-0.2, -0.15) is 0 Å². The van der Waals surface area contributed by atoms with Crippen LogP contribution in [0.25, 0.3) is 5.69 Å². The van der Waals surface area contributed by atoms with E-state index in [2.05, 4.69) is 4.98 Å². The molecule has 8 nitrogen and oxygen atoms in total. The highest BCUT2D eigenvalue weighted by Crippen LogP contribution is 2.29. The third-order valence-electron chi connectivity index (χ3n) is 2.88. The van der Waals surface area contributed by atoms with E-state index in [4.69, 9.17) is 15.6 Å². The predicted octanol–water partition coefficient (Wildman–Crippen LogP) is 0.781. The third kappa shape index (κ3) is 2.46. The van der Waals surface area contributed by atoms with Gasteiger partial charge in [-0.05, 0) is 6.07 Å². The SMILES string of the molecule is COc1cc([N+](=O)[O-])ccc1-n1cncc1C(N)CO. The van der Waals surface area contributed by atoms with Crippen molar-refractivity contribution in [3.63, 3.8) is 0 Å². The van der Waals surface area contributed by atoms with E-state index in [9.17, 15) is 10.1 Å². The highest BCUT2D eigenvalue weighted by Gasteiger charge is 2.17. The summed E-state index contributed by atoms with van der Waals surface area (Å²) in [7, 11) is 1.42. The van der Waals surface area contributed by atoms with E-state index >= 15 is 0 Å². The summed E-state index contributed by atoms with van der Waals surface area (Å²) in [6, 6.07) is 3.64. The maximum absolute atomic E-state index is 10.8. The van der Waals surface area contributed by atoms with E-state index in [1.54, 1.807) is 10.6 Å². The lowest BCUT2D eigenvalue weighted by Crippen LogP contribution is -2.18. The number of ether oxygens (including phenoxy) is 1. The average Bonchev–Trinajstić information content (AvgIpc) is 2.94. The summed E-state index contributed by atoms with van der Waals surface area (Å²) in [6.45, 7) is -0.235. The second kappa shape index (κ2) is 5.68. The number of rotatable bonds is 5. The van der Waals surface area contributed by atoms with Crippen LogP contribution in [-0.2, 0) is 0 Å². The number of nitro benzene ring substituents is 1. The number of nitrogens with two attached hydrogens (primary N) is 1. The Morgan fingerprint density at radius 1 is 1.60 bits per heavy atom. The Kier molecular flexibility index (Phi) is 3.97. The molecule has 0 aliphatic heterocycles. The summed E-state index contributed by atoms with van der Waals surface area (Å²) in [5.74, 6) is 0.323. The second-order valence-corrected chi connectivity index (χ2v) is 4.09. The fourth-order valence-corrected chi connectivity index (χ4v) is 1.85. The smallest absolute Gasteiger partial charge is 0.273 e. The van der Waals surface area contributed by atoms with Crippen LogP contribution in [0.15, 0.2) is 30.7 Å². The minimum atomic E-state index is -0.600. The fourth-order valence-electron chi connectivity index (χ4n) is 1.85. The van der Waals surface area contributed by atoms with Gasteiger partial charge in [0, 0.05) is 6.07 Å². The highest BCUT2D eigenvalue weighted by atomic mass is 16.6. The van der Waals surface area contributed by atoms with Crippen molar-refractivity contribution in [2.45, 2.75) is 6.04 Å². The molecule has 0 aliphatic rings. The molecular weight excluding hydrogens is 264 g/mol. The number of benzene rings is 1. The number of hydrogen-bond acceptors (Lipinski definition) is 6. The third-order valence-corrected chi connectivity index (χ3v) is 2.88. The van der Waals surface area contributed by atoms with Crippen molar-refractivity contribution in [2.24, 2.45) is 5.73 Å². The van der Waals surface area contributed by atoms with Crippen molar-refractivity contribution in [3.05, 3.63) is 46.5 Å². The van der Waals surface area contributed by atoms with Crippen LogP contribution in [0.4, 0.5) is 5.69 Å². The topological polar surface area (TPSA) is 116 Å². The first-order valence-corrected chi connectivity index (χ1v) is 5.80. The van der Waals surface area contributed by atoms with Crippen molar-refractivity contribution in [3.8, 4) is 11.4 Å². The van der Waals surface area contributed by atoms with Crippen molar-refractivity contribution in [1.29, 1.82) is 0 Å². The van der Waals surface area contributed by atoms with Gasteiger partial charge in [-0.15, -0.1) is 0 Å². The normalized spacial score (nSPS) is 12.2. The number of non-ortho nitro benzene ring substituents is 1. The maximum atomic E-state index is 10.8. The van der Waals surface area contributed by atoms with Crippen molar-refractivity contribution in [1.82, 2.24) is 9.55 Å². The average molecular weight is 278 g/mol. The largest absolute Gasteiger partial charge is 0.494 e. The number of imidazole rings is 1. The molecule has 20 heavy (non-hydrogen) atoms. The summed E-state index contributed by atoms with van der Waals surface area (Å²) in [6.07, 6.45) is 3.04. The fraction of sp³-hybridized carbons (Fsp3) is 0.250. The number of methoxy groups -OCH3 is 1. The maximum Gasteiger partial charge on any atom is 0.273 e. The van der Waals surface area contributed by atoms with Crippen LogP contribution in [0.3, 0.4) is 0 Å². The summed E-state index contributed by atoms with van der Waals surface area (Å²) in [4.78, 5) is 14.2. The van der Waals surface area contributed by atoms with Crippen molar-refractivity contribution in [2.75, 3.05) is 13.7 Å². The van der Waals surface area contributed by atoms with Gasteiger partial charge < -0.3 is 15.6 Å². The lowest BCUT2D eigenvalue weighted by molar-refractivity contribution is -0.384. The van der Waals surface area contributed by atoms with E-state index in [0.29, 0.717) is 17.1 Å². The Bertz CT molecular complexity index is 626. The van der Waals surface area contributed by atoms with Crippen LogP contribution >= 0.6 is 0 Å². The summed E-state index contributed by atoms with van der Waals surface area (Å²) >= 11 is 0. The number of aliphatic hydroxyl groups is 1. The monoisotopic (exact) mass is 278 g/mol. The standard InChI is InChI=1S/C12H14N4O4/c1-20-12-4-8(16(18)19)2-3-10(12)15-7-14-5-11(15)9(13)6-17/h2-5,7,9,17H,6,13H2,1H3.